The molecule has 0 saturated heterocycles. The zero-order valence-electron chi connectivity index (χ0n) is 49.3. The van der Waals surface area contributed by atoms with Crippen molar-refractivity contribution in [2.45, 2.75) is 78.6 Å². The van der Waals surface area contributed by atoms with Crippen molar-refractivity contribution in [3.8, 4) is 39.6 Å². The predicted octanol–water partition coefficient (Wildman–Crippen LogP) is 16.4. The Morgan fingerprint density at radius 2 is 1.14 bits per heavy atom. The second-order valence-electron chi connectivity index (χ2n) is 19.8. The quantitative estimate of drug-likeness (QED) is 0.160. The molecule has 0 saturated carbocycles. The number of ether oxygens (including phenoxy) is 1. The van der Waals surface area contributed by atoms with Crippen LogP contribution < -0.4 is 14.5 Å². The fourth-order valence-electron chi connectivity index (χ4n) is 8.63. The second kappa shape index (κ2) is 15.8. The summed E-state index contributed by atoms with van der Waals surface area (Å²) in [5.74, 6) is 0.746. The molecule has 0 radical (unpaired) electrons. The van der Waals surface area contributed by atoms with Crippen LogP contribution in [-0.4, -0.2) is 16.2 Å². The Labute approximate surface area is 400 Å². The summed E-state index contributed by atoms with van der Waals surface area (Å²) in [6, 6.07) is 29.0. The van der Waals surface area contributed by atoms with E-state index in [2.05, 4.69) is 95.3 Å². The Balaban J connectivity index is 1.14. The maximum absolute atomic E-state index is 9.43. The van der Waals surface area contributed by atoms with Gasteiger partial charge in [0.2, 0.25) is 0 Å². The molecule has 0 spiro atoms. The van der Waals surface area contributed by atoms with Gasteiger partial charge in [-0.1, -0.05) is 165 Å². The number of aromatic nitrogens is 2. The molecule has 9 aromatic rings. The largest absolute Gasteiger partial charge is 0.457 e. The van der Waals surface area contributed by atoms with E-state index in [1.54, 1.807) is 22.9 Å². The summed E-state index contributed by atoms with van der Waals surface area (Å²) in [6.45, 7) is 19.5. The number of rotatable bonds is 7. The maximum atomic E-state index is 9.43. The van der Waals surface area contributed by atoms with Crippen LogP contribution in [0.3, 0.4) is 0 Å². The lowest BCUT2D eigenvalue weighted by atomic mass is 9.78. The van der Waals surface area contributed by atoms with E-state index in [1.807, 2.05) is 72.8 Å². The van der Waals surface area contributed by atoms with Crippen LogP contribution in [-0.2, 0) is 16.2 Å². The van der Waals surface area contributed by atoms with E-state index in [1.165, 1.54) is 0 Å². The van der Waals surface area contributed by atoms with Gasteiger partial charge in [0, 0.05) is 45.9 Å². The van der Waals surface area contributed by atoms with E-state index in [-0.39, 0.29) is 86.8 Å². The lowest BCUT2D eigenvalue weighted by molar-refractivity contribution is 0.483. The normalized spacial score (nSPS) is 15.6. The summed E-state index contributed by atoms with van der Waals surface area (Å²) in [6.07, 6.45) is 1.66. The third-order valence-corrected chi connectivity index (χ3v) is 12.2. The summed E-state index contributed by atoms with van der Waals surface area (Å²) in [5, 5.41) is 0.286. The number of benzene rings is 7. The van der Waals surface area contributed by atoms with Crippen LogP contribution in [0.1, 0.15) is 94.1 Å². The van der Waals surface area contributed by atoms with Gasteiger partial charge < -0.3 is 14.5 Å². The average molecular weight is 862 g/mol. The van der Waals surface area contributed by atoms with Crippen LogP contribution in [0.25, 0.3) is 49.9 Å². The number of fused-ring (bicyclic) bond motifs is 4. The molecule has 7 aromatic carbocycles. The van der Waals surface area contributed by atoms with Crippen molar-refractivity contribution in [3.63, 3.8) is 0 Å². The molecule has 0 amide bonds. The van der Waals surface area contributed by atoms with Crippen LogP contribution >= 0.6 is 0 Å². The first-order chi connectivity index (χ1) is 35.7. The number of anilines is 4. The Bertz CT molecular complexity index is 3820. The van der Waals surface area contributed by atoms with Crippen LogP contribution in [0, 0.1) is 0 Å². The van der Waals surface area contributed by atoms with E-state index >= 15 is 0 Å². The predicted molar refractivity (Wildman–Crippen MR) is 274 cm³/mol. The first-order valence-electron chi connectivity index (χ1n) is 27.5. The molecular formula is C60H58N4O. The molecular weight excluding hydrogens is 793 g/mol. The molecule has 3 heterocycles. The fraction of sp³-hybridized carbons (Fsp3) is 0.217. The Morgan fingerprint density at radius 3 is 1.85 bits per heavy atom. The third-order valence-electron chi connectivity index (χ3n) is 12.2. The van der Waals surface area contributed by atoms with E-state index in [0.717, 1.165) is 39.2 Å². The topological polar surface area (TPSA) is 33.5 Å². The maximum Gasteiger partial charge on any atom is 0.137 e. The van der Waals surface area contributed by atoms with Crippen molar-refractivity contribution in [2.24, 2.45) is 0 Å². The van der Waals surface area contributed by atoms with Crippen molar-refractivity contribution in [3.05, 3.63) is 192 Å². The van der Waals surface area contributed by atoms with Gasteiger partial charge in [-0.25, -0.2) is 4.98 Å². The van der Waals surface area contributed by atoms with Crippen LogP contribution in [0.5, 0.6) is 11.5 Å². The molecule has 0 bridgehead atoms. The number of pyridine rings is 1. The first-order valence-corrected chi connectivity index (χ1v) is 22.0. The minimum absolute atomic E-state index is 0.0219. The molecule has 1 aliphatic heterocycles. The molecule has 2 aromatic heterocycles. The highest BCUT2D eigenvalue weighted by Gasteiger charge is 2.32. The summed E-state index contributed by atoms with van der Waals surface area (Å²) in [7, 11) is 0. The Kier molecular flexibility index (Phi) is 7.53. The molecule has 0 N–H and O–H groups in total. The number of para-hydroxylation sites is 4. The first kappa shape index (κ1) is 30.9. The van der Waals surface area contributed by atoms with Crippen molar-refractivity contribution in [1.29, 1.82) is 0 Å². The van der Waals surface area contributed by atoms with Crippen LogP contribution in [0.4, 0.5) is 22.7 Å². The van der Waals surface area contributed by atoms with Crippen LogP contribution in [0.2, 0.25) is 0 Å². The lowest BCUT2D eigenvalue weighted by Gasteiger charge is -2.29. The molecule has 324 valence electrons. The summed E-state index contributed by atoms with van der Waals surface area (Å²) in [4.78, 5) is 8.92. The summed E-state index contributed by atoms with van der Waals surface area (Å²) < 4.78 is 107. The van der Waals surface area contributed by atoms with Gasteiger partial charge in [0.15, 0.2) is 0 Å². The molecule has 1 aliphatic rings. The van der Waals surface area contributed by atoms with E-state index in [9.17, 15) is 5.48 Å². The van der Waals surface area contributed by atoms with Gasteiger partial charge >= 0.3 is 0 Å². The molecule has 5 nitrogen and oxygen atoms in total. The van der Waals surface area contributed by atoms with Crippen molar-refractivity contribution in [2.75, 3.05) is 16.5 Å². The smallest absolute Gasteiger partial charge is 0.137 e. The number of nitrogens with zero attached hydrogens (tertiary/aromatic N) is 4. The Hall–Kier alpha value is -7.11. The minimum atomic E-state index is -0.472. The van der Waals surface area contributed by atoms with Gasteiger partial charge in [-0.05, 0) is 98.6 Å². The molecule has 10 rings (SSSR count). The minimum Gasteiger partial charge on any atom is -0.457 e. The second-order valence-corrected chi connectivity index (χ2v) is 19.8. The zero-order valence-corrected chi connectivity index (χ0v) is 38.3. The fourth-order valence-corrected chi connectivity index (χ4v) is 8.63. The zero-order chi connectivity index (χ0) is 54.8. The van der Waals surface area contributed by atoms with Crippen molar-refractivity contribution in [1.82, 2.24) is 9.55 Å². The molecule has 65 heavy (non-hydrogen) atoms. The highest BCUT2D eigenvalue weighted by Crippen LogP contribution is 2.51. The summed E-state index contributed by atoms with van der Waals surface area (Å²) >= 11 is 0. The SMILES string of the molecule is [2H]c1c([2H])c([2H])c(-c2cccc(-c3cc(C(C)(C)C)cc(C(C)(C)C)c3)c2N2CN(c3cccc(Oc4cc5c(c([2H])c4[2H])c4c([2H])c([2H])c([2H])c([2H])c4n5-c4cc(C(C)(C)C)ccn4)c3)c3ccccc32)c([2H])c1[2H]. The molecule has 5 heteroatoms. The average Bonchev–Trinajstić information content (AvgIpc) is 4.01. The van der Waals surface area contributed by atoms with E-state index in [0.29, 0.717) is 34.0 Å². The molecule has 0 aliphatic carbocycles. The van der Waals surface area contributed by atoms with Gasteiger partial charge in [-0.15, -0.1) is 0 Å². The monoisotopic (exact) mass is 862 g/mol. The van der Waals surface area contributed by atoms with Gasteiger partial charge in [0.1, 0.15) is 24.0 Å². The van der Waals surface area contributed by atoms with Gasteiger partial charge in [-0.3, -0.25) is 4.57 Å². The summed E-state index contributed by atoms with van der Waals surface area (Å²) in [5.41, 5.74) is 8.20. The van der Waals surface area contributed by atoms with Gasteiger partial charge in [-0.2, -0.15) is 0 Å². The lowest BCUT2D eigenvalue weighted by Crippen LogP contribution is -2.25. The van der Waals surface area contributed by atoms with Crippen LogP contribution in [0.15, 0.2) is 176 Å². The standard InChI is InChI=1S/C60H58N4O/c1-58(2,3)42-31-32-61-56(36-42)64-52-26-14-13-23-50(52)51-30-29-47(38-55(51)64)65-46-22-17-21-45(37-46)62-39-63(54-28-16-15-27-53(54)62)57-48(40-19-11-10-12-20-40)24-18-25-49(57)41-33-43(59(4,5)6)35-44(34-41)60(7,8)9/h10-38H,39H2,1-9H3/i10D,11D,12D,13D,14D,19D,20D,23D,26D,29D,30D. The highest BCUT2D eigenvalue weighted by atomic mass is 16.5. The van der Waals surface area contributed by atoms with E-state index in [4.69, 9.17) is 14.3 Å². The molecule has 0 atom stereocenters. The van der Waals surface area contributed by atoms with Crippen molar-refractivity contribution < 1.29 is 19.8 Å². The third kappa shape index (κ3) is 7.84. The Morgan fingerprint density at radius 1 is 0.508 bits per heavy atom. The number of hydrogen-bond acceptors (Lipinski definition) is 4. The molecule has 0 unspecified atom stereocenters. The highest BCUT2D eigenvalue weighted by molar-refractivity contribution is 6.09. The van der Waals surface area contributed by atoms with E-state index < -0.39 is 30.2 Å². The number of hydrogen-bond donors (Lipinski definition) is 0. The van der Waals surface area contributed by atoms with Gasteiger partial charge in [0.05, 0.1) is 43.2 Å². The van der Waals surface area contributed by atoms with Crippen molar-refractivity contribution >= 4 is 44.6 Å². The molecule has 0 fully saturated rings. The van der Waals surface area contributed by atoms with Gasteiger partial charge in [0.25, 0.3) is 0 Å².